The second-order valence-electron chi connectivity index (χ2n) is 5.97. The SMILES string of the molecule is CCNC(=S)N/N=C\c1cc(Cl)c(OCC(=O)Nc2ccc(C)cc2)c(OC)c1. The summed E-state index contributed by atoms with van der Waals surface area (Å²) in [5.74, 6) is 0.358. The number of nitrogens with zero attached hydrogens (tertiary/aromatic N) is 1. The Morgan fingerprint density at radius 2 is 2.00 bits per heavy atom. The molecule has 0 bridgehead atoms. The van der Waals surface area contributed by atoms with Crippen molar-refractivity contribution in [2.45, 2.75) is 13.8 Å². The number of benzene rings is 2. The van der Waals surface area contributed by atoms with Gasteiger partial charge in [-0.25, -0.2) is 0 Å². The zero-order valence-electron chi connectivity index (χ0n) is 16.4. The van der Waals surface area contributed by atoms with Gasteiger partial charge in [-0.3, -0.25) is 10.2 Å². The Morgan fingerprint density at radius 3 is 2.66 bits per heavy atom. The second-order valence-corrected chi connectivity index (χ2v) is 6.78. The van der Waals surface area contributed by atoms with Crippen LogP contribution in [0.4, 0.5) is 5.69 Å². The molecule has 0 unspecified atom stereocenters. The van der Waals surface area contributed by atoms with Gasteiger partial charge in [0.2, 0.25) is 0 Å². The van der Waals surface area contributed by atoms with E-state index in [2.05, 4.69) is 21.2 Å². The van der Waals surface area contributed by atoms with Crippen molar-refractivity contribution in [3.05, 3.63) is 52.5 Å². The summed E-state index contributed by atoms with van der Waals surface area (Å²) >= 11 is 11.3. The Morgan fingerprint density at radius 1 is 1.28 bits per heavy atom. The van der Waals surface area contributed by atoms with Gasteiger partial charge in [-0.05, 0) is 55.9 Å². The number of ether oxygens (including phenoxy) is 2. The van der Waals surface area contributed by atoms with Gasteiger partial charge >= 0.3 is 0 Å². The van der Waals surface area contributed by atoms with E-state index >= 15 is 0 Å². The van der Waals surface area contributed by atoms with E-state index in [1.54, 1.807) is 18.3 Å². The Hall–Kier alpha value is -2.84. The molecule has 0 aromatic heterocycles. The fraction of sp³-hybridized carbons (Fsp3) is 0.250. The smallest absolute Gasteiger partial charge is 0.262 e. The molecule has 154 valence electrons. The van der Waals surface area contributed by atoms with E-state index in [0.29, 0.717) is 33.7 Å². The molecule has 29 heavy (non-hydrogen) atoms. The molecule has 7 nitrogen and oxygen atoms in total. The maximum absolute atomic E-state index is 12.1. The lowest BCUT2D eigenvalue weighted by Gasteiger charge is -2.13. The summed E-state index contributed by atoms with van der Waals surface area (Å²) < 4.78 is 10.9. The van der Waals surface area contributed by atoms with Crippen molar-refractivity contribution >= 4 is 46.7 Å². The van der Waals surface area contributed by atoms with Crippen LogP contribution in [0.3, 0.4) is 0 Å². The number of anilines is 1. The average Bonchev–Trinajstić information content (AvgIpc) is 2.68. The van der Waals surface area contributed by atoms with Crippen LogP contribution in [0, 0.1) is 6.92 Å². The van der Waals surface area contributed by atoms with E-state index in [-0.39, 0.29) is 18.3 Å². The highest BCUT2D eigenvalue weighted by Gasteiger charge is 2.13. The van der Waals surface area contributed by atoms with Crippen molar-refractivity contribution in [3.8, 4) is 11.5 Å². The standard InChI is InChI=1S/C20H23ClN4O3S/c1-4-22-20(29)25-23-11-14-9-16(21)19(17(10-14)27-3)28-12-18(26)24-15-7-5-13(2)6-8-15/h5-11H,4,12H2,1-3H3,(H,24,26)(H2,22,25,29)/b23-11-. The molecule has 2 rings (SSSR count). The summed E-state index contributed by atoms with van der Waals surface area (Å²) in [5, 5.41) is 10.4. The van der Waals surface area contributed by atoms with Gasteiger partial charge in [-0.2, -0.15) is 5.10 Å². The van der Waals surface area contributed by atoms with E-state index in [9.17, 15) is 4.79 Å². The number of aryl methyl sites for hydroxylation is 1. The number of carbonyl (C=O) groups is 1. The first-order valence-electron chi connectivity index (χ1n) is 8.86. The summed E-state index contributed by atoms with van der Waals surface area (Å²) in [6, 6.07) is 10.8. The van der Waals surface area contributed by atoms with Crippen LogP contribution in [0.1, 0.15) is 18.1 Å². The van der Waals surface area contributed by atoms with E-state index in [1.807, 2.05) is 38.1 Å². The highest BCUT2D eigenvalue weighted by atomic mass is 35.5. The molecule has 0 saturated heterocycles. The Balaban J connectivity index is 2.01. The minimum absolute atomic E-state index is 0.212. The van der Waals surface area contributed by atoms with Gasteiger partial charge < -0.3 is 20.1 Å². The summed E-state index contributed by atoms with van der Waals surface area (Å²) in [5.41, 5.74) is 5.17. The number of thiocarbonyl (C=S) groups is 1. The van der Waals surface area contributed by atoms with Crippen LogP contribution in [0.2, 0.25) is 5.02 Å². The summed E-state index contributed by atoms with van der Waals surface area (Å²) in [7, 11) is 1.49. The minimum Gasteiger partial charge on any atom is -0.493 e. The zero-order chi connectivity index (χ0) is 21.2. The number of hydrazone groups is 1. The monoisotopic (exact) mass is 434 g/mol. The van der Waals surface area contributed by atoms with E-state index in [0.717, 1.165) is 5.56 Å². The van der Waals surface area contributed by atoms with Crippen LogP contribution < -0.4 is 25.5 Å². The van der Waals surface area contributed by atoms with Gasteiger partial charge in [-0.15, -0.1) is 0 Å². The third kappa shape index (κ3) is 7.24. The lowest BCUT2D eigenvalue weighted by Crippen LogP contribution is -2.31. The third-order valence-electron chi connectivity index (χ3n) is 3.65. The fourth-order valence-electron chi connectivity index (χ4n) is 2.29. The predicted molar refractivity (Wildman–Crippen MR) is 120 cm³/mol. The zero-order valence-corrected chi connectivity index (χ0v) is 18.0. The first-order valence-corrected chi connectivity index (χ1v) is 9.65. The van der Waals surface area contributed by atoms with Crippen LogP contribution in [-0.2, 0) is 4.79 Å². The Labute approximate surface area is 180 Å². The summed E-state index contributed by atoms with van der Waals surface area (Å²) in [6.45, 7) is 4.40. The number of methoxy groups -OCH3 is 1. The van der Waals surface area contributed by atoms with Crippen molar-refractivity contribution in [3.63, 3.8) is 0 Å². The molecule has 9 heteroatoms. The van der Waals surface area contributed by atoms with E-state index < -0.39 is 0 Å². The van der Waals surface area contributed by atoms with Gasteiger partial charge in [0.25, 0.3) is 5.91 Å². The fourth-order valence-corrected chi connectivity index (χ4v) is 2.76. The average molecular weight is 435 g/mol. The highest BCUT2D eigenvalue weighted by Crippen LogP contribution is 2.36. The van der Waals surface area contributed by atoms with Crippen LogP contribution >= 0.6 is 23.8 Å². The van der Waals surface area contributed by atoms with Gasteiger partial charge in [0.1, 0.15) is 0 Å². The molecule has 2 aromatic rings. The molecule has 0 radical (unpaired) electrons. The molecule has 0 heterocycles. The molecule has 0 spiro atoms. The number of hydrogen-bond acceptors (Lipinski definition) is 5. The number of carbonyl (C=O) groups excluding carboxylic acids is 1. The molecule has 2 aromatic carbocycles. The van der Waals surface area contributed by atoms with Gasteiger partial charge in [0.15, 0.2) is 23.2 Å². The van der Waals surface area contributed by atoms with Crippen LogP contribution in [0.25, 0.3) is 0 Å². The lowest BCUT2D eigenvalue weighted by molar-refractivity contribution is -0.118. The van der Waals surface area contributed by atoms with Crippen molar-refractivity contribution in [1.29, 1.82) is 0 Å². The summed E-state index contributed by atoms with van der Waals surface area (Å²) in [4.78, 5) is 12.1. The molecular formula is C20H23ClN4O3S. The molecule has 0 saturated carbocycles. The molecular weight excluding hydrogens is 412 g/mol. The quantitative estimate of drug-likeness (QED) is 0.335. The maximum Gasteiger partial charge on any atom is 0.262 e. The molecule has 3 N–H and O–H groups in total. The van der Waals surface area contributed by atoms with E-state index in [1.165, 1.54) is 7.11 Å². The van der Waals surface area contributed by atoms with Crippen molar-refractivity contribution in [2.75, 3.05) is 25.6 Å². The first-order chi connectivity index (χ1) is 13.9. The number of rotatable bonds is 8. The number of amides is 1. The van der Waals surface area contributed by atoms with Crippen molar-refractivity contribution < 1.29 is 14.3 Å². The van der Waals surface area contributed by atoms with Crippen LogP contribution in [0.5, 0.6) is 11.5 Å². The Bertz CT molecular complexity index is 888. The molecule has 0 aliphatic carbocycles. The molecule has 0 aliphatic rings. The second kappa shape index (κ2) is 11.2. The Kier molecular flexibility index (Phi) is 8.69. The molecule has 0 fully saturated rings. The number of nitrogens with one attached hydrogen (secondary N) is 3. The predicted octanol–water partition coefficient (Wildman–Crippen LogP) is 3.49. The third-order valence-corrected chi connectivity index (χ3v) is 4.17. The van der Waals surface area contributed by atoms with Crippen molar-refractivity contribution in [2.24, 2.45) is 5.10 Å². The number of hydrogen-bond donors (Lipinski definition) is 3. The first kappa shape index (κ1) is 22.4. The van der Waals surface area contributed by atoms with E-state index in [4.69, 9.17) is 33.3 Å². The number of halogens is 1. The van der Waals surface area contributed by atoms with Crippen LogP contribution in [0.15, 0.2) is 41.5 Å². The largest absolute Gasteiger partial charge is 0.493 e. The van der Waals surface area contributed by atoms with Crippen LogP contribution in [-0.4, -0.2) is 37.5 Å². The lowest BCUT2D eigenvalue weighted by atomic mass is 10.2. The normalized spacial score (nSPS) is 10.5. The highest BCUT2D eigenvalue weighted by molar-refractivity contribution is 7.80. The maximum atomic E-state index is 12.1. The van der Waals surface area contributed by atoms with Gasteiger partial charge in [0.05, 0.1) is 18.3 Å². The van der Waals surface area contributed by atoms with Crippen molar-refractivity contribution in [1.82, 2.24) is 10.7 Å². The molecule has 0 aliphatic heterocycles. The summed E-state index contributed by atoms with van der Waals surface area (Å²) in [6.07, 6.45) is 1.55. The van der Waals surface area contributed by atoms with Gasteiger partial charge in [0, 0.05) is 12.2 Å². The topological polar surface area (TPSA) is 84.0 Å². The minimum atomic E-state index is -0.307. The van der Waals surface area contributed by atoms with Gasteiger partial charge in [-0.1, -0.05) is 29.3 Å². The molecule has 1 amide bonds. The molecule has 0 atom stereocenters.